The minimum absolute atomic E-state index is 0.0129. The number of benzene rings is 2. The minimum Gasteiger partial charge on any atom is -0.350 e. The van der Waals surface area contributed by atoms with Gasteiger partial charge in [0.15, 0.2) is 0 Å². The third kappa shape index (κ3) is 5.10. The predicted molar refractivity (Wildman–Crippen MR) is 111 cm³/mol. The van der Waals surface area contributed by atoms with Gasteiger partial charge in [-0.25, -0.2) is 8.42 Å². The van der Waals surface area contributed by atoms with Crippen molar-refractivity contribution < 1.29 is 18.0 Å². The van der Waals surface area contributed by atoms with Crippen LogP contribution in [0.1, 0.15) is 41.5 Å². The molecule has 0 radical (unpaired) electrons. The summed E-state index contributed by atoms with van der Waals surface area (Å²) >= 11 is 0. The molecule has 7 nitrogen and oxygen atoms in total. The molecule has 150 valence electrons. The van der Waals surface area contributed by atoms with Gasteiger partial charge in [0.05, 0.1) is 22.7 Å². The Labute approximate surface area is 165 Å². The van der Waals surface area contributed by atoms with Crippen molar-refractivity contribution >= 4 is 33.2 Å². The van der Waals surface area contributed by atoms with Gasteiger partial charge in [0.25, 0.3) is 11.8 Å². The number of hydrogen-bond acceptors (Lipinski definition) is 4. The normalized spacial score (nSPS) is 11.2. The lowest BCUT2D eigenvalue weighted by atomic mass is 10.1. The van der Waals surface area contributed by atoms with Crippen molar-refractivity contribution in [3.63, 3.8) is 0 Å². The zero-order valence-electron chi connectivity index (χ0n) is 16.4. The van der Waals surface area contributed by atoms with Gasteiger partial charge in [0.2, 0.25) is 10.0 Å². The van der Waals surface area contributed by atoms with Crippen LogP contribution < -0.4 is 14.9 Å². The third-order valence-electron chi connectivity index (χ3n) is 4.11. The largest absolute Gasteiger partial charge is 0.350 e. The average Bonchev–Trinajstić information content (AvgIpc) is 2.67. The second-order valence-corrected chi connectivity index (χ2v) is 8.83. The maximum atomic E-state index is 12.6. The number of carbonyl (C=O) groups excluding carboxylic acids is 2. The molecule has 0 heterocycles. The number of hydrogen-bond donors (Lipinski definition) is 2. The summed E-state index contributed by atoms with van der Waals surface area (Å²) in [6.45, 7) is 5.29. The molecule has 2 aromatic rings. The summed E-state index contributed by atoms with van der Waals surface area (Å²) in [6.07, 6.45) is 0. The van der Waals surface area contributed by atoms with Crippen LogP contribution in [-0.4, -0.2) is 39.1 Å². The van der Waals surface area contributed by atoms with E-state index in [2.05, 4.69) is 10.6 Å². The topological polar surface area (TPSA) is 95.6 Å². The molecule has 0 spiro atoms. The molecular formula is C20H25N3O4S. The molecule has 8 heteroatoms. The molecule has 2 aromatic carbocycles. The highest BCUT2D eigenvalue weighted by molar-refractivity contribution is 7.92. The van der Waals surface area contributed by atoms with Gasteiger partial charge >= 0.3 is 0 Å². The molecule has 0 aromatic heterocycles. The van der Waals surface area contributed by atoms with E-state index in [4.69, 9.17) is 0 Å². The molecule has 2 N–H and O–H groups in total. The van der Waals surface area contributed by atoms with Crippen LogP contribution in [-0.2, 0) is 10.0 Å². The predicted octanol–water partition coefficient (Wildman–Crippen LogP) is 2.86. The van der Waals surface area contributed by atoms with Gasteiger partial charge in [0.1, 0.15) is 0 Å². The highest BCUT2D eigenvalue weighted by Crippen LogP contribution is 2.20. The number of sulfonamides is 1. The first kappa shape index (κ1) is 21.4. The zero-order valence-corrected chi connectivity index (χ0v) is 17.2. The fraction of sp³-hybridized carbons (Fsp3) is 0.300. The quantitative estimate of drug-likeness (QED) is 0.743. The van der Waals surface area contributed by atoms with Crippen LogP contribution in [0, 0.1) is 0 Å². The number of amides is 2. The second-order valence-electron chi connectivity index (χ2n) is 6.54. The molecular weight excluding hydrogens is 378 g/mol. The van der Waals surface area contributed by atoms with Gasteiger partial charge in [0, 0.05) is 18.7 Å². The van der Waals surface area contributed by atoms with E-state index in [1.165, 1.54) is 11.4 Å². The molecule has 0 bridgehead atoms. The van der Waals surface area contributed by atoms with Crippen LogP contribution in [0.4, 0.5) is 11.4 Å². The van der Waals surface area contributed by atoms with Crippen molar-refractivity contribution in [2.45, 2.75) is 26.8 Å². The monoisotopic (exact) mass is 403 g/mol. The average molecular weight is 404 g/mol. The molecule has 0 fully saturated rings. The first-order valence-corrected chi connectivity index (χ1v) is 10.5. The molecule has 0 aliphatic carbocycles. The van der Waals surface area contributed by atoms with Gasteiger partial charge in [-0.05, 0) is 57.2 Å². The molecule has 0 saturated carbocycles. The van der Waals surface area contributed by atoms with Gasteiger partial charge in [-0.3, -0.25) is 13.9 Å². The lowest BCUT2D eigenvalue weighted by Crippen LogP contribution is -2.31. The van der Waals surface area contributed by atoms with Crippen molar-refractivity contribution in [3.8, 4) is 0 Å². The van der Waals surface area contributed by atoms with Crippen LogP contribution >= 0.6 is 0 Å². The summed E-state index contributed by atoms with van der Waals surface area (Å²) < 4.78 is 25.1. The third-order valence-corrected chi connectivity index (χ3v) is 5.89. The molecule has 2 amide bonds. The van der Waals surface area contributed by atoms with Crippen LogP contribution in [0.3, 0.4) is 0 Å². The minimum atomic E-state index is -3.37. The molecule has 0 unspecified atom stereocenters. The Bertz CT molecular complexity index is 954. The highest BCUT2D eigenvalue weighted by atomic mass is 32.2. The van der Waals surface area contributed by atoms with Gasteiger partial charge in [-0.15, -0.1) is 0 Å². The molecule has 28 heavy (non-hydrogen) atoms. The van der Waals surface area contributed by atoms with E-state index in [0.29, 0.717) is 22.5 Å². The summed E-state index contributed by atoms with van der Waals surface area (Å²) in [7, 11) is -1.90. The first-order valence-electron chi connectivity index (χ1n) is 8.93. The van der Waals surface area contributed by atoms with Gasteiger partial charge < -0.3 is 10.6 Å². The Balaban J connectivity index is 2.19. The molecule has 0 aliphatic heterocycles. The Morgan fingerprint density at radius 2 is 1.61 bits per heavy atom. The van der Waals surface area contributed by atoms with Crippen molar-refractivity contribution in [2.75, 3.05) is 22.4 Å². The Morgan fingerprint density at radius 3 is 2.18 bits per heavy atom. The van der Waals surface area contributed by atoms with Gasteiger partial charge in [-0.2, -0.15) is 0 Å². The summed E-state index contributed by atoms with van der Waals surface area (Å²) in [6, 6.07) is 13.0. The van der Waals surface area contributed by atoms with Crippen LogP contribution in [0.5, 0.6) is 0 Å². The van der Waals surface area contributed by atoms with Crippen LogP contribution in [0.2, 0.25) is 0 Å². The summed E-state index contributed by atoms with van der Waals surface area (Å²) in [4.78, 5) is 24.9. The van der Waals surface area contributed by atoms with E-state index < -0.39 is 15.9 Å². The zero-order chi connectivity index (χ0) is 20.9. The fourth-order valence-corrected chi connectivity index (χ4v) is 3.33. The Morgan fingerprint density at radius 1 is 1.00 bits per heavy atom. The number of rotatable bonds is 7. The highest BCUT2D eigenvalue weighted by Gasteiger charge is 2.17. The van der Waals surface area contributed by atoms with E-state index in [0.717, 1.165) is 0 Å². The van der Waals surface area contributed by atoms with Gasteiger partial charge in [-0.1, -0.05) is 12.1 Å². The smallest absolute Gasteiger partial charge is 0.255 e. The number of nitrogens with one attached hydrogen (secondary N) is 2. The molecule has 0 atom stereocenters. The lowest BCUT2D eigenvalue weighted by Gasteiger charge is -2.18. The van der Waals surface area contributed by atoms with Crippen molar-refractivity contribution in [1.82, 2.24) is 5.32 Å². The fourth-order valence-electron chi connectivity index (χ4n) is 2.50. The maximum Gasteiger partial charge on any atom is 0.255 e. The van der Waals surface area contributed by atoms with E-state index in [9.17, 15) is 18.0 Å². The van der Waals surface area contributed by atoms with E-state index in [1.807, 2.05) is 13.8 Å². The van der Waals surface area contributed by atoms with E-state index in [1.54, 1.807) is 55.5 Å². The number of nitrogens with zero attached hydrogens (tertiary/aromatic N) is 1. The van der Waals surface area contributed by atoms with Crippen molar-refractivity contribution in [3.05, 3.63) is 59.7 Å². The van der Waals surface area contributed by atoms with Crippen molar-refractivity contribution in [2.24, 2.45) is 0 Å². The summed E-state index contributed by atoms with van der Waals surface area (Å²) in [5, 5.41) is 5.54. The SMILES string of the molecule is CCS(=O)(=O)N(C)c1ccc(C(=O)Nc2ccccc2C(=O)NC(C)C)cc1. The van der Waals surface area contributed by atoms with E-state index >= 15 is 0 Å². The summed E-state index contributed by atoms with van der Waals surface area (Å²) in [5.41, 5.74) is 1.59. The number of carbonyl (C=O) groups is 2. The number of para-hydroxylation sites is 1. The Kier molecular flexibility index (Phi) is 6.80. The first-order chi connectivity index (χ1) is 13.2. The van der Waals surface area contributed by atoms with Crippen LogP contribution in [0.15, 0.2) is 48.5 Å². The Hall–Kier alpha value is -2.87. The second kappa shape index (κ2) is 8.88. The molecule has 0 aliphatic rings. The molecule has 2 rings (SSSR count). The van der Waals surface area contributed by atoms with Crippen molar-refractivity contribution in [1.29, 1.82) is 0 Å². The maximum absolute atomic E-state index is 12.6. The van der Waals surface area contributed by atoms with Crippen LogP contribution in [0.25, 0.3) is 0 Å². The molecule has 0 saturated heterocycles. The summed E-state index contributed by atoms with van der Waals surface area (Å²) in [5.74, 6) is -0.675. The lowest BCUT2D eigenvalue weighted by molar-refractivity contribution is 0.0944. The number of anilines is 2. The van der Waals surface area contributed by atoms with E-state index in [-0.39, 0.29) is 17.7 Å². The standard InChI is InChI=1S/C20H25N3O4S/c1-5-28(26,27)23(4)16-12-10-15(11-13-16)19(24)22-18-9-7-6-8-17(18)20(25)21-14(2)3/h6-14H,5H2,1-4H3,(H,21,25)(H,22,24).